The van der Waals surface area contributed by atoms with Crippen LogP contribution in [0.5, 0.6) is 5.75 Å². The summed E-state index contributed by atoms with van der Waals surface area (Å²) in [4.78, 5) is 0. The largest absolute Gasteiger partial charge is 0.495 e. The minimum Gasteiger partial charge on any atom is -0.495 e. The first-order valence-electron chi connectivity index (χ1n) is 4.02. The second-order valence-electron chi connectivity index (χ2n) is 2.90. The van der Waals surface area contributed by atoms with Gasteiger partial charge in [-0.05, 0) is 28.4 Å². The van der Waals surface area contributed by atoms with Crippen molar-refractivity contribution < 1.29 is 9.13 Å². The van der Waals surface area contributed by atoms with E-state index in [0.29, 0.717) is 10.2 Å². The molecule has 1 heterocycles. The fourth-order valence-electron chi connectivity index (χ4n) is 1.61. The van der Waals surface area contributed by atoms with Crippen LogP contribution >= 0.6 is 15.9 Å². The van der Waals surface area contributed by atoms with Crippen LogP contribution in [-0.4, -0.2) is 13.7 Å². The Morgan fingerprint density at radius 3 is 3.08 bits per heavy atom. The Balaban J connectivity index is 2.65. The molecule has 0 radical (unpaired) electrons. The first-order valence-corrected chi connectivity index (χ1v) is 4.82. The smallest absolute Gasteiger partial charge is 0.147 e. The maximum absolute atomic E-state index is 13.3. The second kappa shape index (κ2) is 3.18. The van der Waals surface area contributed by atoms with E-state index in [1.165, 1.54) is 6.07 Å². The predicted molar refractivity (Wildman–Crippen MR) is 52.8 cm³/mol. The van der Waals surface area contributed by atoms with Crippen LogP contribution in [0.4, 0.5) is 10.1 Å². The van der Waals surface area contributed by atoms with Crippen molar-refractivity contribution in [2.75, 3.05) is 19.0 Å². The number of ether oxygens (including phenoxy) is 1. The SMILES string of the molecule is COc1c(Br)cc(F)c2c1CCN2. The predicted octanol–water partition coefficient (Wildman–Crippen LogP) is 2.56. The molecule has 4 heteroatoms. The lowest BCUT2D eigenvalue weighted by Gasteiger charge is -2.09. The van der Waals surface area contributed by atoms with Crippen molar-refractivity contribution in [1.82, 2.24) is 0 Å². The normalized spacial score (nSPS) is 13.8. The molecule has 0 fully saturated rings. The highest BCUT2D eigenvalue weighted by molar-refractivity contribution is 9.10. The summed E-state index contributed by atoms with van der Waals surface area (Å²) in [5.74, 6) is 0.515. The van der Waals surface area contributed by atoms with Gasteiger partial charge in [0.25, 0.3) is 0 Å². The molecule has 1 aliphatic heterocycles. The van der Waals surface area contributed by atoms with Gasteiger partial charge in [0.2, 0.25) is 0 Å². The zero-order valence-electron chi connectivity index (χ0n) is 7.16. The van der Waals surface area contributed by atoms with Gasteiger partial charge in [-0.1, -0.05) is 0 Å². The van der Waals surface area contributed by atoms with Gasteiger partial charge >= 0.3 is 0 Å². The van der Waals surface area contributed by atoms with Crippen molar-refractivity contribution in [3.05, 3.63) is 21.9 Å². The van der Waals surface area contributed by atoms with Crippen LogP contribution in [0, 0.1) is 5.82 Å². The summed E-state index contributed by atoms with van der Waals surface area (Å²) >= 11 is 3.27. The molecular formula is C9H9BrFNO. The van der Waals surface area contributed by atoms with E-state index in [0.717, 1.165) is 24.3 Å². The molecule has 1 aromatic carbocycles. The van der Waals surface area contributed by atoms with E-state index in [-0.39, 0.29) is 5.82 Å². The molecule has 0 spiro atoms. The first-order chi connectivity index (χ1) is 6.24. The molecule has 0 saturated heterocycles. The van der Waals surface area contributed by atoms with Crippen LogP contribution in [-0.2, 0) is 6.42 Å². The fourth-order valence-corrected chi connectivity index (χ4v) is 2.22. The van der Waals surface area contributed by atoms with Crippen molar-refractivity contribution in [2.24, 2.45) is 0 Å². The number of anilines is 1. The van der Waals surface area contributed by atoms with E-state index < -0.39 is 0 Å². The zero-order chi connectivity index (χ0) is 9.42. The highest BCUT2D eigenvalue weighted by atomic mass is 79.9. The van der Waals surface area contributed by atoms with E-state index in [1.54, 1.807) is 7.11 Å². The Morgan fingerprint density at radius 1 is 1.62 bits per heavy atom. The average molecular weight is 246 g/mol. The van der Waals surface area contributed by atoms with Gasteiger partial charge in [0.1, 0.15) is 11.6 Å². The van der Waals surface area contributed by atoms with Gasteiger partial charge in [0, 0.05) is 12.1 Å². The number of rotatable bonds is 1. The Kier molecular flexibility index (Phi) is 2.15. The summed E-state index contributed by atoms with van der Waals surface area (Å²) in [7, 11) is 1.59. The molecule has 0 atom stereocenters. The van der Waals surface area contributed by atoms with Crippen LogP contribution in [0.25, 0.3) is 0 Å². The number of fused-ring (bicyclic) bond motifs is 1. The number of hydrogen-bond acceptors (Lipinski definition) is 2. The van der Waals surface area contributed by atoms with Gasteiger partial charge in [-0.25, -0.2) is 4.39 Å². The monoisotopic (exact) mass is 245 g/mol. The minimum absolute atomic E-state index is 0.222. The Labute approximate surface area is 84.2 Å². The number of hydrogen-bond donors (Lipinski definition) is 1. The van der Waals surface area contributed by atoms with Gasteiger partial charge in [-0.15, -0.1) is 0 Å². The van der Waals surface area contributed by atoms with Crippen molar-refractivity contribution in [3.8, 4) is 5.75 Å². The molecule has 1 N–H and O–H groups in total. The molecule has 0 unspecified atom stereocenters. The Bertz CT molecular complexity index is 354. The van der Waals surface area contributed by atoms with E-state index in [9.17, 15) is 4.39 Å². The number of benzene rings is 1. The van der Waals surface area contributed by atoms with Crippen LogP contribution in [0.2, 0.25) is 0 Å². The van der Waals surface area contributed by atoms with Gasteiger partial charge in [0.05, 0.1) is 17.3 Å². The molecule has 0 amide bonds. The summed E-state index contributed by atoms with van der Waals surface area (Å²) < 4.78 is 19.2. The summed E-state index contributed by atoms with van der Waals surface area (Å²) in [5.41, 5.74) is 1.51. The van der Waals surface area contributed by atoms with Crippen LogP contribution < -0.4 is 10.1 Å². The lowest BCUT2D eigenvalue weighted by atomic mass is 10.1. The first kappa shape index (κ1) is 8.81. The van der Waals surface area contributed by atoms with E-state index in [2.05, 4.69) is 21.2 Å². The second-order valence-corrected chi connectivity index (χ2v) is 3.76. The molecule has 0 bridgehead atoms. The van der Waals surface area contributed by atoms with Crippen LogP contribution in [0.15, 0.2) is 10.5 Å². The zero-order valence-corrected chi connectivity index (χ0v) is 8.74. The highest BCUT2D eigenvalue weighted by Gasteiger charge is 2.21. The number of halogens is 2. The molecule has 2 nitrogen and oxygen atoms in total. The highest BCUT2D eigenvalue weighted by Crippen LogP contribution is 2.39. The third kappa shape index (κ3) is 1.29. The van der Waals surface area contributed by atoms with Gasteiger partial charge < -0.3 is 10.1 Å². The summed E-state index contributed by atoms with van der Waals surface area (Å²) in [5, 5.41) is 2.99. The summed E-state index contributed by atoms with van der Waals surface area (Å²) in [6.45, 7) is 0.777. The Hall–Kier alpha value is -0.770. The fraction of sp³-hybridized carbons (Fsp3) is 0.333. The van der Waals surface area contributed by atoms with Crippen LogP contribution in [0.1, 0.15) is 5.56 Å². The average Bonchev–Trinajstić information content (AvgIpc) is 2.53. The summed E-state index contributed by atoms with van der Waals surface area (Å²) in [6.07, 6.45) is 0.814. The number of methoxy groups -OCH3 is 1. The lowest BCUT2D eigenvalue weighted by molar-refractivity contribution is 0.407. The van der Waals surface area contributed by atoms with Crippen LogP contribution in [0.3, 0.4) is 0 Å². The van der Waals surface area contributed by atoms with Gasteiger partial charge in [-0.3, -0.25) is 0 Å². The molecule has 1 aliphatic rings. The molecule has 70 valence electrons. The third-order valence-corrected chi connectivity index (χ3v) is 2.75. The Morgan fingerprint density at radius 2 is 2.38 bits per heavy atom. The molecule has 0 aliphatic carbocycles. The molecule has 0 saturated carbocycles. The topological polar surface area (TPSA) is 21.3 Å². The molecular weight excluding hydrogens is 237 g/mol. The van der Waals surface area contributed by atoms with Crippen molar-refractivity contribution >= 4 is 21.6 Å². The van der Waals surface area contributed by atoms with E-state index in [1.807, 2.05) is 0 Å². The van der Waals surface area contributed by atoms with Gasteiger partial charge in [0.15, 0.2) is 0 Å². The molecule has 1 aromatic rings. The van der Waals surface area contributed by atoms with E-state index in [4.69, 9.17) is 4.74 Å². The molecule has 13 heavy (non-hydrogen) atoms. The number of nitrogens with one attached hydrogen (secondary N) is 1. The maximum atomic E-state index is 13.3. The van der Waals surface area contributed by atoms with Crippen molar-refractivity contribution in [3.63, 3.8) is 0 Å². The van der Waals surface area contributed by atoms with Crippen molar-refractivity contribution in [1.29, 1.82) is 0 Å². The molecule has 2 rings (SSSR count). The third-order valence-electron chi connectivity index (χ3n) is 2.17. The maximum Gasteiger partial charge on any atom is 0.147 e. The quantitative estimate of drug-likeness (QED) is 0.822. The lowest BCUT2D eigenvalue weighted by Crippen LogP contribution is -1.94. The molecule has 0 aromatic heterocycles. The minimum atomic E-state index is -0.222. The van der Waals surface area contributed by atoms with Gasteiger partial charge in [-0.2, -0.15) is 0 Å². The summed E-state index contributed by atoms with van der Waals surface area (Å²) in [6, 6.07) is 1.43. The standard InChI is InChI=1S/C9H9BrFNO/c1-13-9-5-2-3-12-8(5)7(11)4-6(9)10/h4,12H,2-3H2,1H3. The van der Waals surface area contributed by atoms with E-state index >= 15 is 0 Å². The van der Waals surface area contributed by atoms with Crippen molar-refractivity contribution in [2.45, 2.75) is 6.42 Å².